The van der Waals surface area contributed by atoms with Crippen molar-refractivity contribution in [3.05, 3.63) is 41.3 Å². The van der Waals surface area contributed by atoms with E-state index in [4.69, 9.17) is 5.26 Å². The van der Waals surface area contributed by atoms with Crippen LogP contribution in [0.15, 0.2) is 24.3 Å². The first-order chi connectivity index (χ1) is 9.41. The maximum Gasteiger partial charge on any atom is 0.108 e. The lowest BCUT2D eigenvalue weighted by Crippen LogP contribution is -2.10. The summed E-state index contributed by atoms with van der Waals surface area (Å²) in [4.78, 5) is 7.86. The van der Waals surface area contributed by atoms with Crippen molar-refractivity contribution in [2.45, 2.75) is 46.0 Å². The number of aryl methyl sites for hydroxylation is 2. The van der Waals surface area contributed by atoms with E-state index in [1.54, 1.807) is 0 Å². The van der Waals surface area contributed by atoms with Gasteiger partial charge in [-0.2, -0.15) is 5.26 Å². The lowest BCUT2D eigenvalue weighted by Gasteiger charge is -2.19. The monoisotopic (exact) mass is 267 g/mol. The Bertz CT molecular complexity index is 622. The number of hydrogen-bond donors (Lipinski definition) is 1. The molecule has 0 spiro atoms. The van der Waals surface area contributed by atoms with Gasteiger partial charge in [-0.3, -0.25) is 0 Å². The van der Waals surface area contributed by atoms with Gasteiger partial charge in [0.25, 0.3) is 0 Å². The predicted molar refractivity (Wildman–Crippen MR) is 81.4 cm³/mol. The summed E-state index contributed by atoms with van der Waals surface area (Å²) < 4.78 is 0. The Balaban J connectivity index is 2.28. The van der Waals surface area contributed by atoms with Gasteiger partial charge >= 0.3 is 0 Å². The van der Waals surface area contributed by atoms with Crippen LogP contribution >= 0.6 is 0 Å². The maximum absolute atomic E-state index is 8.64. The third-order valence-corrected chi connectivity index (χ3v) is 3.43. The van der Waals surface area contributed by atoms with Crippen LogP contribution in [0.4, 0.5) is 0 Å². The Kier molecular flexibility index (Phi) is 3.94. The van der Waals surface area contributed by atoms with Crippen molar-refractivity contribution in [1.29, 1.82) is 5.26 Å². The van der Waals surface area contributed by atoms with Gasteiger partial charge in [0, 0.05) is 24.1 Å². The number of nitriles is 1. The molecule has 0 amide bonds. The van der Waals surface area contributed by atoms with E-state index in [-0.39, 0.29) is 5.41 Å². The van der Waals surface area contributed by atoms with E-state index in [9.17, 15) is 0 Å². The van der Waals surface area contributed by atoms with Gasteiger partial charge in [0.1, 0.15) is 5.82 Å². The van der Waals surface area contributed by atoms with Gasteiger partial charge in [0.05, 0.1) is 11.8 Å². The molecule has 1 heterocycles. The molecule has 1 N–H and O–H groups in total. The highest BCUT2D eigenvalue weighted by molar-refractivity contribution is 5.62. The third-order valence-electron chi connectivity index (χ3n) is 3.43. The number of aromatic nitrogens is 2. The number of nitrogens with one attached hydrogen (secondary N) is 1. The maximum atomic E-state index is 8.64. The minimum absolute atomic E-state index is 0.164. The van der Waals surface area contributed by atoms with Gasteiger partial charge in [0.2, 0.25) is 0 Å². The Morgan fingerprint density at radius 1 is 1.20 bits per heavy atom. The highest BCUT2D eigenvalue weighted by Crippen LogP contribution is 2.26. The van der Waals surface area contributed by atoms with Gasteiger partial charge in [-0.15, -0.1) is 0 Å². The molecule has 20 heavy (non-hydrogen) atoms. The molecular weight excluding hydrogens is 246 g/mol. The molecule has 0 unspecified atom stereocenters. The Hall–Kier alpha value is -2.08. The van der Waals surface area contributed by atoms with Gasteiger partial charge in [-0.25, -0.2) is 4.98 Å². The topological polar surface area (TPSA) is 52.5 Å². The van der Waals surface area contributed by atoms with E-state index in [0.29, 0.717) is 12.8 Å². The summed E-state index contributed by atoms with van der Waals surface area (Å²) in [5, 5.41) is 8.64. The number of rotatable bonds is 3. The average Bonchev–Trinajstić information content (AvgIpc) is 2.77. The highest BCUT2D eigenvalue weighted by Gasteiger charge is 2.14. The second-order valence-corrected chi connectivity index (χ2v) is 6.14. The largest absolute Gasteiger partial charge is 0.346 e. The number of H-pyrrole nitrogens is 1. The summed E-state index contributed by atoms with van der Waals surface area (Å²) >= 11 is 0. The summed E-state index contributed by atoms with van der Waals surface area (Å²) in [6.45, 7) is 8.65. The molecule has 1 aromatic heterocycles. The normalized spacial score (nSPS) is 11.3. The van der Waals surface area contributed by atoms with E-state index < -0.39 is 0 Å². The van der Waals surface area contributed by atoms with E-state index in [0.717, 1.165) is 22.8 Å². The molecule has 0 aliphatic heterocycles. The van der Waals surface area contributed by atoms with Crippen LogP contribution in [0.25, 0.3) is 11.3 Å². The SMILES string of the molecule is Cc1[nH]c(CCC#N)nc1-c1ccc(C(C)(C)C)cc1. The lowest BCUT2D eigenvalue weighted by molar-refractivity contribution is 0.590. The van der Waals surface area contributed by atoms with E-state index in [2.05, 4.69) is 61.1 Å². The predicted octanol–water partition coefficient (Wildman–Crippen LogP) is 4.14. The van der Waals surface area contributed by atoms with Crippen LogP contribution in [0, 0.1) is 18.3 Å². The van der Waals surface area contributed by atoms with Crippen molar-refractivity contribution >= 4 is 0 Å². The van der Waals surface area contributed by atoms with Crippen molar-refractivity contribution in [3.63, 3.8) is 0 Å². The van der Waals surface area contributed by atoms with Crippen molar-refractivity contribution in [2.24, 2.45) is 0 Å². The van der Waals surface area contributed by atoms with Gasteiger partial charge in [-0.05, 0) is 17.9 Å². The molecule has 0 bridgehead atoms. The van der Waals surface area contributed by atoms with Crippen LogP contribution in [0.1, 0.15) is 44.3 Å². The smallest absolute Gasteiger partial charge is 0.108 e. The van der Waals surface area contributed by atoms with Crippen LogP contribution in [0.5, 0.6) is 0 Å². The quantitative estimate of drug-likeness (QED) is 0.908. The van der Waals surface area contributed by atoms with Gasteiger partial charge < -0.3 is 4.98 Å². The van der Waals surface area contributed by atoms with Crippen LogP contribution in [0.3, 0.4) is 0 Å². The second-order valence-electron chi connectivity index (χ2n) is 6.14. The molecule has 0 atom stereocenters. The second kappa shape index (κ2) is 5.50. The number of imidazole rings is 1. The average molecular weight is 267 g/mol. The van der Waals surface area contributed by atoms with Gasteiger partial charge in [-0.1, -0.05) is 45.0 Å². The van der Waals surface area contributed by atoms with Crippen LogP contribution in [-0.4, -0.2) is 9.97 Å². The Morgan fingerprint density at radius 2 is 1.85 bits per heavy atom. The summed E-state index contributed by atoms with van der Waals surface area (Å²) in [7, 11) is 0. The fourth-order valence-electron chi connectivity index (χ4n) is 2.22. The lowest BCUT2D eigenvalue weighted by atomic mass is 9.86. The molecule has 0 saturated carbocycles. The van der Waals surface area contributed by atoms with Crippen molar-refractivity contribution in [1.82, 2.24) is 9.97 Å². The van der Waals surface area contributed by atoms with Crippen LogP contribution < -0.4 is 0 Å². The van der Waals surface area contributed by atoms with Gasteiger partial charge in [0.15, 0.2) is 0 Å². The van der Waals surface area contributed by atoms with E-state index in [1.807, 2.05) is 6.92 Å². The molecular formula is C17H21N3. The molecule has 2 rings (SSSR count). The zero-order valence-corrected chi connectivity index (χ0v) is 12.6. The highest BCUT2D eigenvalue weighted by atomic mass is 14.9. The zero-order chi connectivity index (χ0) is 14.8. The molecule has 0 radical (unpaired) electrons. The minimum atomic E-state index is 0.164. The first-order valence-corrected chi connectivity index (χ1v) is 6.95. The molecule has 0 aliphatic carbocycles. The van der Waals surface area contributed by atoms with Crippen molar-refractivity contribution < 1.29 is 0 Å². The zero-order valence-electron chi connectivity index (χ0n) is 12.6. The Labute approximate surface area is 120 Å². The number of aromatic amines is 1. The molecule has 0 fully saturated rings. The van der Waals surface area contributed by atoms with Crippen LogP contribution in [-0.2, 0) is 11.8 Å². The fraction of sp³-hybridized carbons (Fsp3) is 0.412. The minimum Gasteiger partial charge on any atom is -0.346 e. The summed E-state index contributed by atoms with van der Waals surface area (Å²) in [5.74, 6) is 0.888. The summed E-state index contributed by atoms with van der Waals surface area (Å²) in [5.41, 5.74) is 4.64. The first-order valence-electron chi connectivity index (χ1n) is 6.95. The first kappa shape index (κ1) is 14.3. The molecule has 0 saturated heterocycles. The van der Waals surface area contributed by atoms with Crippen LogP contribution in [0.2, 0.25) is 0 Å². The van der Waals surface area contributed by atoms with E-state index >= 15 is 0 Å². The summed E-state index contributed by atoms with van der Waals surface area (Å²) in [6, 6.07) is 10.7. The number of nitrogens with zero attached hydrogens (tertiary/aromatic N) is 2. The van der Waals surface area contributed by atoms with E-state index in [1.165, 1.54) is 5.56 Å². The van der Waals surface area contributed by atoms with Crippen molar-refractivity contribution in [3.8, 4) is 17.3 Å². The molecule has 1 aromatic carbocycles. The summed E-state index contributed by atoms with van der Waals surface area (Å²) in [6.07, 6.45) is 1.17. The molecule has 3 heteroatoms. The molecule has 3 nitrogen and oxygen atoms in total. The Morgan fingerprint density at radius 3 is 2.40 bits per heavy atom. The molecule has 104 valence electrons. The molecule has 0 aliphatic rings. The third kappa shape index (κ3) is 3.08. The molecule has 2 aromatic rings. The number of benzene rings is 1. The fourth-order valence-corrected chi connectivity index (χ4v) is 2.22. The van der Waals surface area contributed by atoms with Crippen molar-refractivity contribution in [2.75, 3.05) is 0 Å². The standard InChI is InChI=1S/C17H21N3/c1-12-16(20-15(19-12)6-5-11-18)13-7-9-14(10-8-13)17(2,3)4/h7-10H,5-6H2,1-4H3,(H,19,20). The number of hydrogen-bond acceptors (Lipinski definition) is 2.